The molecule has 0 aromatic rings. The molecule has 3 aliphatic carbocycles. The second-order valence-corrected chi connectivity index (χ2v) is 8.65. The van der Waals surface area contributed by atoms with Crippen LogP contribution >= 0.6 is 7.60 Å². The van der Waals surface area contributed by atoms with Crippen molar-refractivity contribution in [2.24, 2.45) is 16.7 Å². The third-order valence-corrected chi connectivity index (χ3v) is 8.32. The van der Waals surface area contributed by atoms with Gasteiger partial charge in [0.15, 0.2) is 5.78 Å². The molecule has 3 fully saturated rings. The van der Waals surface area contributed by atoms with Crippen molar-refractivity contribution in [1.82, 2.24) is 0 Å². The van der Waals surface area contributed by atoms with Crippen LogP contribution in [-0.2, 0) is 23.1 Å². The molecule has 120 valence electrons. The molecule has 3 rings (SSSR count). The second-order valence-electron chi connectivity index (χ2n) is 6.50. The van der Waals surface area contributed by atoms with Crippen LogP contribution in [0.15, 0.2) is 0 Å². The van der Waals surface area contributed by atoms with E-state index in [1.165, 1.54) is 0 Å². The monoisotopic (exact) mass is 316 g/mol. The first-order valence-corrected chi connectivity index (χ1v) is 9.54. The highest BCUT2D eigenvalue weighted by molar-refractivity contribution is 7.55. The van der Waals surface area contributed by atoms with E-state index in [-0.39, 0.29) is 17.1 Å². The molecule has 3 unspecified atom stereocenters. The van der Waals surface area contributed by atoms with E-state index in [0.717, 1.165) is 25.7 Å². The molecule has 3 saturated carbocycles. The quantitative estimate of drug-likeness (QED) is 0.676. The van der Waals surface area contributed by atoms with Gasteiger partial charge in [-0.25, -0.2) is 0 Å². The molecular formula is C15H25O5P. The zero-order valence-electron chi connectivity index (χ0n) is 13.1. The molecule has 0 saturated heterocycles. The fourth-order valence-electron chi connectivity index (χ4n) is 5.02. The summed E-state index contributed by atoms with van der Waals surface area (Å²) in [6, 6.07) is 0. The van der Waals surface area contributed by atoms with Crippen LogP contribution in [-0.4, -0.2) is 38.4 Å². The van der Waals surface area contributed by atoms with E-state index in [4.69, 9.17) is 13.8 Å². The summed E-state index contributed by atoms with van der Waals surface area (Å²) in [6.45, 7) is 4.63. The van der Waals surface area contributed by atoms with E-state index in [1.54, 1.807) is 21.0 Å². The van der Waals surface area contributed by atoms with E-state index >= 15 is 0 Å². The number of methoxy groups -OCH3 is 1. The molecule has 0 amide bonds. The van der Waals surface area contributed by atoms with Gasteiger partial charge in [-0.3, -0.25) is 9.36 Å². The molecule has 3 aliphatic rings. The third kappa shape index (κ3) is 1.87. The maximum Gasteiger partial charge on any atom is 0.341 e. The number of ketones is 1. The number of hydrogen-bond donors (Lipinski definition) is 0. The van der Waals surface area contributed by atoms with Gasteiger partial charge in [-0.05, 0) is 50.9 Å². The van der Waals surface area contributed by atoms with Crippen molar-refractivity contribution >= 4 is 13.4 Å². The Morgan fingerprint density at radius 3 is 2.29 bits per heavy atom. The number of carbonyl (C=O) groups excluding carboxylic acids is 1. The van der Waals surface area contributed by atoms with Gasteiger partial charge >= 0.3 is 7.60 Å². The van der Waals surface area contributed by atoms with Crippen molar-refractivity contribution in [1.29, 1.82) is 0 Å². The lowest BCUT2D eigenvalue weighted by molar-refractivity contribution is -0.131. The fraction of sp³-hybridized carbons (Fsp3) is 0.933. The van der Waals surface area contributed by atoms with Crippen molar-refractivity contribution in [3.63, 3.8) is 0 Å². The Bertz CT molecular complexity index is 476. The predicted octanol–water partition coefficient (Wildman–Crippen LogP) is 3.03. The Kier molecular flexibility index (Phi) is 3.85. The Morgan fingerprint density at radius 1 is 1.19 bits per heavy atom. The topological polar surface area (TPSA) is 61.8 Å². The average molecular weight is 316 g/mol. The van der Waals surface area contributed by atoms with Crippen LogP contribution in [0.1, 0.15) is 39.5 Å². The summed E-state index contributed by atoms with van der Waals surface area (Å²) in [5, 5.41) is 0. The molecule has 2 bridgehead atoms. The first kappa shape index (κ1) is 15.7. The van der Waals surface area contributed by atoms with Crippen LogP contribution in [0.2, 0.25) is 0 Å². The van der Waals surface area contributed by atoms with Gasteiger partial charge in [-0.15, -0.1) is 0 Å². The van der Waals surface area contributed by atoms with Crippen LogP contribution in [0, 0.1) is 16.7 Å². The molecular weight excluding hydrogens is 291 g/mol. The Balaban J connectivity index is 1.99. The van der Waals surface area contributed by atoms with Crippen molar-refractivity contribution < 1.29 is 23.1 Å². The summed E-state index contributed by atoms with van der Waals surface area (Å²) in [6.07, 6.45) is 3.88. The molecule has 0 aromatic heterocycles. The number of ether oxygens (including phenoxy) is 1. The lowest BCUT2D eigenvalue weighted by Crippen LogP contribution is -2.40. The Labute approximate surface area is 126 Å². The van der Waals surface area contributed by atoms with E-state index in [2.05, 4.69) is 0 Å². The maximum atomic E-state index is 13.2. The second kappa shape index (κ2) is 5.16. The van der Waals surface area contributed by atoms with E-state index in [1.807, 2.05) is 0 Å². The summed E-state index contributed by atoms with van der Waals surface area (Å²) in [5.41, 5.74) is -1.01. The van der Waals surface area contributed by atoms with E-state index in [0.29, 0.717) is 19.8 Å². The number of rotatable bonds is 7. The minimum absolute atomic E-state index is 0.00855. The number of carbonyl (C=O) groups is 1. The van der Waals surface area contributed by atoms with Crippen molar-refractivity contribution in [2.75, 3.05) is 26.9 Å². The summed E-state index contributed by atoms with van der Waals surface area (Å²) in [7, 11) is -1.73. The molecule has 3 atom stereocenters. The van der Waals surface area contributed by atoms with Crippen LogP contribution < -0.4 is 0 Å². The van der Waals surface area contributed by atoms with E-state index in [9.17, 15) is 9.36 Å². The van der Waals surface area contributed by atoms with Gasteiger partial charge < -0.3 is 13.8 Å². The van der Waals surface area contributed by atoms with Gasteiger partial charge in [-0.2, -0.15) is 0 Å². The number of Topliss-reactive ketones (excluding diaryl/α,β-unsaturated/α-hetero) is 1. The summed E-state index contributed by atoms with van der Waals surface area (Å²) in [5.74, 6) is 0.215. The van der Waals surface area contributed by atoms with Crippen LogP contribution in [0.5, 0.6) is 0 Å². The zero-order valence-corrected chi connectivity index (χ0v) is 14.0. The highest BCUT2D eigenvalue weighted by atomic mass is 31.2. The van der Waals surface area contributed by atoms with Gasteiger partial charge in [0.05, 0.1) is 25.2 Å². The van der Waals surface area contributed by atoms with Gasteiger partial charge in [0.2, 0.25) is 0 Å². The van der Waals surface area contributed by atoms with E-state index < -0.39 is 18.7 Å². The highest BCUT2D eigenvalue weighted by Crippen LogP contribution is 2.81. The first-order valence-electron chi connectivity index (χ1n) is 7.93. The largest absolute Gasteiger partial charge is 0.384 e. The van der Waals surface area contributed by atoms with Gasteiger partial charge in [0.1, 0.15) is 5.66 Å². The van der Waals surface area contributed by atoms with Crippen LogP contribution in [0.3, 0.4) is 0 Å². The molecule has 0 radical (unpaired) electrons. The first-order chi connectivity index (χ1) is 10.0. The van der Waals surface area contributed by atoms with Crippen LogP contribution in [0.25, 0.3) is 0 Å². The molecule has 21 heavy (non-hydrogen) atoms. The fourth-order valence-corrected chi connectivity index (χ4v) is 7.54. The smallest absolute Gasteiger partial charge is 0.341 e. The lowest BCUT2D eigenvalue weighted by atomic mass is 9.76. The Morgan fingerprint density at radius 2 is 1.81 bits per heavy atom. The maximum absolute atomic E-state index is 13.2. The normalized spacial score (nSPS) is 36.6. The predicted molar refractivity (Wildman–Crippen MR) is 78.4 cm³/mol. The van der Waals surface area contributed by atoms with Crippen molar-refractivity contribution in [2.45, 2.75) is 45.2 Å². The third-order valence-electron chi connectivity index (χ3n) is 5.80. The lowest BCUT2D eigenvalue weighted by Gasteiger charge is -2.32. The molecule has 0 heterocycles. The summed E-state index contributed by atoms with van der Waals surface area (Å²) in [4.78, 5) is 13.1. The summed E-state index contributed by atoms with van der Waals surface area (Å²) >= 11 is 0. The summed E-state index contributed by atoms with van der Waals surface area (Å²) < 4.78 is 29.5. The highest BCUT2D eigenvalue weighted by Gasteiger charge is 2.80. The zero-order chi connectivity index (χ0) is 15.3. The minimum Gasteiger partial charge on any atom is -0.384 e. The van der Waals surface area contributed by atoms with Crippen molar-refractivity contribution in [3.05, 3.63) is 0 Å². The molecule has 0 aliphatic heterocycles. The standard InChI is InChI=1S/C15H25O5P/c1-4-19-21(17,20-5-2)12-11-6-7-15(10-18-3,13(12)16)14(11)8-9-14/h11-12H,4-10H2,1-3H3. The minimum atomic E-state index is -3.38. The Hall–Kier alpha value is -0.220. The molecule has 1 spiro atoms. The average Bonchev–Trinajstić information content (AvgIpc) is 3.13. The van der Waals surface area contributed by atoms with Crippen molar-refractivity contribution in [3.8, 4) is 0 Å². The SMILES string of the molecule is CCOP(=O)(OCC)C1C(=O)C2(COC)CCC1C21CC1. The van der Waals surface area contributed by atoms with Gasteiger partial charge in [-0.1, -0.05) is 0 Å². The molecule has 5 nitrogen and oxygen atoms in total. The molecule has 0 aromatic carbocycles. The van der Waals surface area contributed by atoms with Crippen LogP contribution in [0.4, 0.5) is 0 Å². The van der Waals surface area contributed by atoms with Gasteiger partial charge in [0.25, 0.3) is 0 Å². The molecule has 0 N–H and O–H groups in total. The molecule has 6 heteroatoms. The number of hydrogen-bond acceptors (Lipinski definition) is 5. The van der Waals surface area contributed by atoms with Gasteiger partial charge in [0, 0.05) is 7.11 Å².